The van der Waals surface area contributed by atoms with Crippen LogP contribution in [0.15, 0.2) is 48.5 Å². The molecule has 1 atom stereocenters. The molecule has 0 amide bonds. The Hall–Kier alpha value is -2.08. The molecule has 2 rings (SSSR count). The summed E-state index contributed by atoms with van der Waals surface area (Å²) in [4.78, 5) is 0. The number of benzene rings is 2. The maximum atomic E-state index is 12.8. The molecule has 1 unspecified atom stereocenters. The van der Waals surface area contributed by atoms with E-state index >= 15 is 0 Å². The number of aliphatic hydroxyl groups excluding tert-OH is 1. The van der Waals surface area contributed by atoms with Crippen LogP contribution in [0.2, 0.25) is 0 Å². The van der Waals surface area contributed by atoms with Gasteiger partial charge in [0, 0.05) is 0 Å². The Morgan fingerprint density at radius 1 is 1.00 bits per heavy atom. The highest BCUT2D eigenvalue weighted by Gasteiger charge is 2.34. The summed E-state index contributed by atoms with van der Waals surface area (Å²) in [7, 11) is 0. The van der Waals surface area contributed by atoms with Crippen LogP contribution >= 0.6 is 0 Å². The highest BCUT2D eigenvalue weighted by molar-refractivity contribution is 5.32. The molecule has 0 aliphatic carbocycles. The van der Waals surface area contributed by atoms with E-state index in [0.717, 1.165) is 18.2 Å². The normalized spacial score (nSPS) is 13.0. The lowest BCUT2D eigenvalue weighted by atomic mass is 10.0. The lowest BCUT2D eigenvalue weighted by molar-refractivity contribution is -0.139. The molecule has 6 heteroatoms. The van der Waals surface area contributed by atoms with Gasteiger partial charge in [-0.05, 0) is 35.9 Å². The fourth-order valence-corrected chi connectivity index (χ4v) is 1.84. The van der Waals surface area contributed by atoms with E-state index in [4.69, 9.17) is 4.74 Å². The van der Waals surface area contributed by atoms with Crippen molar-refractivity contribution in [1.82, 2.24) is 0 Å². The largest absolute Gasteiger partial charge is 0.491 e. The third-order valence-electron chi connectivity index (χ3n) is 2.85. The number of aliphatic hydroxyl groups is 1. The molecule has 21 heavy (non-hydrogen) atoms. The lowest BCUT2D eigenvalue weighted by Gasteiger charge is -2.17. The molecule has 0 aliphatic rings. The maximum absolute atomic E-state index is 12.8. The van der Waals surface area contributed by atoms with E-state index in [0.29, 0.717) is 0 Å². The molecule has 2 aromatic carbocycles. The van der Waals surface area contributed by atoms with Gasteiger partial charge < -0.3 is 9.84 Å². The van der Waals surface area contributed by atoms with Crippen molar-refractivity contribution in [2.75, 3.05) is 6.61 Å². The predicted octanol–water partition coefficient (Wildman–Crippen LogP) is 3.96. The van der Waals surface area contributed by atoms with Gasteiger partial charge in [0.25, 0.3) is 0 Å². The van der Waals surface area contributed by atoms with Crippen LogP contribution in [0, 0.1) is 5.82 Å². The Morgan fingerprint density at radius 2 is 1.62 bits per heavy atom. The van der Waals surface area contributed by atoms with Gasteiger partial charge >= 0.3 is 6.18 Å². The molecule has 2 nitrogen and oxygen atoms in total. The van der Waals surface area contributed by atoms with Gasteiger partial charge in [-0.15, -0.1) is 0 Å². The van der Waals surface area contributed by atoms with Crippen molar-refractivity contribution in [3.05, 3.63) is 65.5 Å². The first-order valence-corrected chi connectivity index (χ1v) is 6.10. The molecule has 0 heterocycles. The average molecular weight is 300 g/mol. The van der Waals surface area contributed by atoms with Gasteiger partial charge in [-0.2, -0.15) is 13.2 Å². The molecule has 2 aromatic rings. The van der Waals surface area contributed by atoms with Crippen LogP contribution in [-0.4, -0.2) is 11.7 Å². The van der Waals surface area contributed by atoms with Crippen LogP contribution in [0.25, 0.3) is 0 Å². The van der Waals surface area contributed by atoms with Gasteiger partial charge in [0.05, 0.1) is 5.56 Å². The SMILES string of the molecule is OC(COc1ccc(F)cc1)c1ccccc1C(F)(F)F. The monoisotopic (exact) mass is 300 g/mol. The topological polar surface area (TPSA) is 29.5 Å². The quantitative estimate of drug-likeness (QED) is 0.866. The van der Waals surface area contributed by atoms with Crippen LogP contribution in [-0.2, 0) is 6.18 Å². The molecule has 0 saturated heterocycles. The van der Waals surface area contributed by atoms with Crippen LogP contribution in [0.3, 0.4) is 0 Å². The Bertz CT molecular complexity index is 593. The zero-order chi connectivity index (χ0) is 15.5. The van der Waals surface area contributed by atoms with Crippen LogP contribution in [0.5, 0.6) is 5.75 Å². The van der Waals surface area contributed by atoms with Crippen molar-refractivity contribution in [2.24, 2.45) is 0 Å². The zero-order valence-corrected chi connectivity index (χ0v) is 10.8. The van der Waals surface area contributed by atoms with Crippen LogP contribution in [0.4, 0.5) is 17.6 Å². The standard InChI is InChI=1S/C15H12F4O2/c16-10-5-7-11(8-6-10)21-9-14(20)12-3-1-2-4-13(12)15(17,18)19/h1-8,14,20H,9H2. The minimum atomic E-state index is -4.55. The van der Waals surface area contributed by atoms with E-state index in [1.54, 1.807) is 0 Å². The van der Waals surface area contributed by atoms with Gasteiger partial charge in [-0.25, -0.2) is 4.39 Å². The smallest absolute Gasteiger partial charge is 0.416 e. The molecule has 0 spiro atoms. The highest BCUT2D eigenvalue weighted by atomic mass is 19.4. The van der Waals surface area contributed by atoms with Crippen molar-refractivity contribution in [3.63, 3.8) is 0 Å². The molecule has 0 saturated carbocycles. The Balaban J connectivity index is 2.10. The highest BCUT2D eigenvalue weighted by Crippen LogP contribution is 2.34. The van der Waals surface area contributed by atoms with Crippen molar-refractivity contribution in [3.8, 4) is 5.75 Å². The number of rotatable bonds is 4. The van der Waals surface area contributed by atoms with E-state index in [1.165, 1.54) is 30.3 Å². The molecular weight excluding hydrogens is 288 g/mol. The van der Waals surface area contributed by atoms with E-state index in [1.807, 2.05) is 0 Å². The molecule has 1 N–H and O–H groups in total. The molecular formula is C15H12F4O2. The molecule has 0 bridgehead atoms. The number of hydrogen-bond acceptors (Lipinski definition) is 2. The molecule has 0 aromatic heterocycles. The fourth-order valence-electron chi connectivity index (χ4n) is 1.84. The summed E-state index contributed by atoms with van der Waals surface area (Å²) in [6, 6.07) is 9.73. The average Bonchev–Trinajstić information content (AvgIpc) is 2.45. The molecule has 0 aliphatic heterocycles. The number of ether oxygens (including phenoxy) is 1. The van der Waals surface area contributed by atoms with E-state index in [9.17, 15) is 22.7 Å². The van der Waals surface area contributed by atoms with Crippen molar-refractivity contribution >= 4 is 0 Å². The second-order valence-corrected chi connectivity index (χ2v) is 4.37. The second-order valence-electron chi connectivity index (χ2n) is 4.37. The Labute approximate surface area is 118 Å². The first kappa shape index (κ1) is 15.3. The van der Waals surface area contributed by atoms with Crippen molar-refractivity contribution < 1.29 is 27.4 Å². The fraction of sp³-hybridized carbons (Fsp3) is 0.200. The summed E-state index contributed by atoms with van der Waals surface area (Å²) in [5, 5.41) is 9.88. The summed E-state index contributed by atoms with van der Waals surface area (Å²) in [6.07, 6.45) is -5.99. The summed E-state index contributed by atoms with van der Waals surface area (Å²) in [5.74, 6) is -0.190. The Morgan fingerprint density at radius 3 is 2.24 bits per heavy atom. The van der Waals surface area contributed by atoms with E-state index in [-0.39, 0.29) is 17.9 Å². The van der Waals surface area contributed by atoms with Gasteiger partial charge in [0.15, 0.2) is 0 Å². The number of hydrogen-bond donors (Lipinski definition) is 1. The summed E-state index contributed by atoms with van der Waals surface area (Å²) >= 11 is 0. The van der Waals surface area contributed by atoms with E-state index in [2.05, 4.69) is 0 Å². The predicted molar refractivity (Wildman–Crippen MR) is 68.3 cm³/mol. The summed E-state index contributed by atoms with van der Waals surface area (Å²) < 4.78 is 56.3. The Kier molecular flexibility index (Phi) is 4.47. The van der Waals surface area contributed by atoms with Crippen LogP contribution < -0.4 is 4.74 Å². The van der Waals surface area contributed by atoms with E-state index < -0.39 is 23.7 Å². The van der Waals surface area contributed by atoms with Crippen molar-refractivity contribution in [1.29, 1.82) is 0 Å². The van der Waals surface area contributed by atoms with Crippen molar-refractivity contribution in [2.45, 2.75) is 12.3 Å². The molecule has 112 valence electrons. The first-order chi connectivity index (χ1) is 9.88. The van der Waals surface area contributed by atoms with Crippen LogP contribution in [0.1, 0.15) is 17.2 Å². The lowest BCUT2D eigenvalue weighted by Crippen LogP contribution is -2.16. The minimum absolute atomic E-state index is 0.257. The molecule has 0 radical (unpaired) electrons. The maximum Gasteiger partial charge on any atom is 0.416 e. The van der Waals surface area contributed by atoms with Gasteiger partial charge in [-0.3, -0.25) is 0 Å². The van der Waals surface area contributed by atoms with Gasteiger partial charge in [0.1, 0.15) is 24.3 Å². The first-order valence-electron chi connectivity index (χ1n) is 6.10. The summed E-state index contributed by atoms with van der Waals surface area (Å²) in [6.45, 7) is -0.362. The van der Waals surface area contributed by atoms with Gasteiger partial charge in [-0.1, -0.05) is 18.2 Å². The molecule has 0 fully saturated rings. The third-order valence-corrected chi connectivity index (χ3v) is 2.85. The summed E-state index contributed by atoms with van der Waals surface area (Å²) in [5.41, 5.74) is -1.16. The number of alkyl halides is 3. The number of halogens is 4. The minimum Gasteiger partial charge on any atom is -0.491 e. The zero-order valence-electron chi connectivity index (χ0n) is 10.8. The van der Waals surface area contributed by atoms with Gasteiger partial charge in [0.2, 0.25) is 0 Å². The second kappa shape index (κ2) is 6.13. The third kappa shape index (κ3) is 3.95.